The van der Waals surface area contributed by atoms with Crippen molar-refractivity contribution in [1.82, 2.24) is 0 Å². The molecule has 0 radical (unpaired) electrons. The van der Waals surface area contributed by atoms with Crippen LogP contribution in [0.3, 0.4) is 0 Å². The largest absolute Gasteiger partial charge is 0.479 e. The van der Waals surface area contributed by atoms with Crippen LogP contribution in [0.1, 0.15) is 5.56 Å². The van der Waals surface area contributed by atoms with Gasteiger partial charge in [0.25, 0.3) is 0 Å². The average Bonchev–Trinajstić information content (AvgIpc) is 2.17. The molecular weight excluding hydrogens is 174 g/mol. The summed E-state index contributed by atoms with van der Waals surface area (Å²) in [5, 5.41) is 2.41. The van der Waals surface area contributed by atoms with E-state index in [2.05, 4.69) is 25.1 Å². The predicted molar refractivity (Wildman–Crippen MR) is 58.4 cm³/mol. The maximum atomic E-state index is 5.31. The smallest absolute Gasteiger partial charge is 0.137 e. The molecule has 0 atom stereocenters. The Labute approximate surface area is 83.3 Å². The molecule has 0 aromatic heterocycles. The Morgan fingerprint density at radius 1 is 1.07 bits per heavy atom. The van der Waals surface area contributed by atoms with E-state index in [1.54, 1.807) is 0 Å². The zero-order valence-electron chi connectivity index (χ0n) is 8.16. The van der Waals surface area contributed by atoms with Crippen LogP contribution in [0, 0.1) is 6.92 Å². The van der Waals surface area contributed by atoms with E-state index in [0.717, 1.165) is 5.75 Å². The van der Waals surface area contributed by atoms with Crippen LogP contribution < -0.4 is 10.5 Å². The molecule has 0 aliphatic heterocycles. The number of fused-ring (bicyclic) bond motifs is 1. The van der Waals surface area contributed by atoms with E-state index in [1.807, 2.05) is 18.2 Å². The van der Waals surface area contributed by atoms with Crippen molar-refractivity contribution in [2.24, 2.45) is 5.73 Å². The van der Waals surface area contributed by atoms with Gasteiger partial charge in [-0.2, -0.15) is 0 Å². The van der Waals surface area contributed by atoms with Crippen LogP contribution in [0.15, 0.2) is 36.4 Å². The highest BCUT2D eigenvalue weighted by Crippen LogP contribution is 2.21. The molecule has 0 bridgehead atoms. The quantitative estimate of drug-likeness (QED) is 0.733. The Balaban J connectivity index is 2.52. The van der Waals surface area contributed by atoms with E-state index in [4.69, 9.17) is 10.5 Å². The van der Waals surface area contributed by atoms with Gasteiger partial charge in [-0.1, -0.05) is 29.8 Å². The lowest BCUT2D eigenvalue weighted by Crippen LogP contribution is -2.06. The number of ether oxygens (including phenoxy) is 1. The number of nitrogens with two attached hydrogens (primary N) is 1. The van der Waals surface area contributed by atoms with Crippen LogP contribution in [0.5, 0.6) is 5.75 Å². The van der Waals surface area contributed by atoms with E-state index < -0.39 is 0 Å². The second-order valence-corrected chi connectivity index (χ2v) is 3.32. The third-order valence-electron chi connectivity index (χ3n) is 2.22. The predicted octanol–water partition coefficient (Wildman–Crippen LogP) is 2.44. The molecule has 2 rings (SSSR count). The van der Waals surface area contributed by atoms with Gasteiger partial charge in [-0.25, -0.2) is 0 Å². The summed E-state index contributed by atoms with van der Waals surface area (Å²) >= 11 is 0. The normalized spacial score (nSPS) is 10.4. The molecule has 0 aliphatic rings. The monoisotopic (exact) mass is 187 g/mol. The molecule has 2 heteroatoms. The minimum atomic E-state index is 0.220. The number of hydrogen-bond acceptors (Lipinski definition) is 2. The molecule has 2 aromatic carbocycles. The maximum Gasteiger partial charge on any atom is 0.137 e. The molecule has 2 aromatic rings. The van der Waals surface area contributed by atoms with Crippen LogP contribution in [0.4, 0.5) is 0 Å². The van der Waals surface area contributed by atoms with Gasteiger partial charge in [0.05, 0.1) is 0 Å². The molecule has 72 valence electrons. The van der Waals surface area contributed by atoms with Crippen molar-refractivity contribution in [1.29, 1.82) is 0 Å². The van der Waals surface area contributed by atoms with Gasteiger partial charge in [-0.15, -0.1) is 0 Å². The molecule has 0 saturated carbocycles. The van der Waals surface area contributed by atoms with Crippen molar-refractivity contribution >= 4 is 10.8 Å². The highest BCUT2D eigenvalue weighted by atomic mass is 16.5. The van der Waals surface area contributed by atoms with Gasteiger partial charge in [-0.05, 0) is 29.8 Å². The summed E-state index contributed by atoms with van der Waals surface area (Å²) in [6.07, 6.45) is 0. The van der Waals surface area contributed by atoms with Crippen LogP contribution in [0.25, 0.3) is 10.8 Å². The standard InChI is InChI=1S/C12H13NO/c1-9-2-3-10-4-5-12(14-8-13)7-11(10)6-9/h2-7H,8,13H2,1H3. The Morgan fingerprint density at radius 3 is 2.64 bits per heavy atom. The van der Waals surface area contributed by atoms with Crippen molar-refractivity contribution in [3.8, 4) is 5.75 Å². The van der Waals surface area contributed by atoms with E-state index in [9.17, 15) is 0 Å². The van der Waals surface area contributed by atoms with Gasteiger partial charge in [0.1, 0.15) is 12.5 Å². The first-order valence-corrected chi connectivity index (χ1v) is 4.63. The van der Waals surface area contributed by atoms with Gasteiger partial charge in [-0.3, -0.25) is 5.73 Å². The fourth-order valence-corrected chi connectivity index (χ4v) is 1.53. The minimum Gasteiger partial charge on any atom is -0.479 e. The fraction of sp³-hybridized carbons (Fsp3) is 0.167. The summed E-state index contributed by atoms with van der Waals surface area (Å²) in [4.78, 5) is 0. The van der Waals surface area contributed by atoms with Gasteiger partial charge in [0.15, 0.2) is 0 Å². The molecule has 2 N–H and O–H groups in total. The molecule has 0 heterocycles. The topological polar surface area (TPSA) is 35.2 Å². The molecular formula is C12H13NO. The van der Waals surface area contributed by atoms with Crippen molar-refractivity contribution in [2.45, 2.75) is 6.92 Å². The fourth-order valence-electron chi connectivity index (χ4n) is 1.53. The summed E-state index contributed by atoms with van der Waals surface area (Å²) in [6, 6.07) is 12.3. The summed E-state index contributed by atoms with van der Waals surface area (Å²) < 4.78 is 5.23. The summed E-state index contributed by atoms with van der Waals surface area (Å²) in [5.74, 6) is 0.825. The Kier molecular flexibility index (Phi) is 2.37. The van der Waals surface area contributed by atoms with E-state index in [1.165, 1.54) is 16.3 Å². The van der Waals surface area contributed by atoms with Gasteiger partial charge >= 0.3 is 0 Å². The third-order valence-corrected chi connectivity index (χ3v) is 2.22. The van der Waals surface area contributed by atoms with Crippen LogP contribution in [0.2, 0.25) is 0 Å². The molecule has 2 nitrogen and oxygen atoms in total. The molecule has 0 amide bonds. The lowest BCUT2D eigenvalue weighted by atomic mass is 10.1. The molecule has 0 unspecified atom stereocenters. The minimum absolute atomic E-state index is 0.220. The van der Waals surface area contributed by atoms with Crippen molar-refractivity contribution < 1.29 is 4.74 Å². The first kappa shape index (κ1) is 9.03. The summed E-state index contributed by atoms with van der Waals surface area (Å²) in [6.45, 7) is 2.30. The third kappa shape index (κ3) is 1.70. The van der Waals surface area contributed by atoms with Gasteiger partial charge < -0.3 is 4.74 Å². The first-order chi connectivity index (χ1) is 6.79. The second-order valence-electron chi connectivity index (χ2n) is 3.32. The van der Waals surface area contributed by atoms with Crippen LogP contribution >= 0.6 is 0 Å². The Morgan fingerprint density at radius 2 is 1.86 bits per heavy atom. The highest BCUT2D eigenvalue weighted by molar-refractivity contribution is 5.84. The number of aryl methyl sites for hydroxylation is 1. The average molecular weight is 187 g/mol. The zero-order valence-corrected chi connectivity index (χ0v) is 8.16. The van der Waals surface area contributed by atoms with E-state index >= 15 is 0 Å². The first-order valence-electron chi connectivity index (χ1n) is 4.63. The highest BCUT2D eigenvalue weighted by Gasteiger charge is 1.96. The van der Waals surface area contributed by atoms with E-state index in [-0.39, 0.29) is 6.73 Å². The van der Waals surface area contributed by atoms with Crippen molar-refractivity contribution in [3.63, 3.8) is 0 Å². The molecule has 0 fully saturated rings. The SMILES string of the molecule is Cc1ccc2ccc(OCN)cc2c1. The Bertz CT molecular complexity index is 451. The van der Waals surface area contributed by atoms with Crippen molar-refractivity contribution in [3.05, 3.63) is 42.0 Å². The van der Waals surface area contributed by atoms with Gasteiger partial charge in [0.2, 0.25) is 0 Å². The lowest BCUT2D eigenvalue weighted by Gasteiger charge is -2.04. The summed E-state index contributed by atoms with van der Waals surface area (Å²) in [5.41, 5.74) is 6.56. The molecule has 14 heavy (non-hydrogen) atoms. The molecule has 0 aliphatic carbocycles. The Hall–Kier alpha value is -1.54. The van der Waals surface area contributed by atoms with Crippen LogP contribution in [-0.2, 0) is 0 Å². The summed E-state index contributed by atoms with van der Waals surface area (Å²) in [7, 11) is 0. The lowest BCUT2D eigenvalue weighted by molar-refractivity contribution is 0.330. The van der Waals surface area contributed by atoms with Gasteiger partial charge in [0, 0.05) is 0 Å². The van der Waals surface area contributed by atoms with E-state index in [0.29, 0.717) is 0 Å². The zero-order chi connectivity index (χ0) is 9.97. The molecule has 0 spiro atoms. The maximum absolute atomic E-state index is 5.31. The molecule has 0 saturated heterocycles. The number of hydrogen-bond donors (Lipinski definition) is 1. The van der Waals surface area contributed by atoms with Crippen molar-refractivity contribution in [2.75, 3.05) is 6.73 Å². The van der Waals surface area contributed by atoms with Crippen LogP contribution in [-0.4, -0.2) is 6.73 Å². The number of benzene rings is 2. The number of rotatable bonds is 2. The second kappa shape index (κ2) is 3.68.